The molecule has 0 aliphatic carbocycles. The second-order valence-electron chi connectivity index (χ2n) is 7.26. The van der Waals surface area contributed by atoms with E-state index in [4.69, 9.17) is 0 Å². The summed E-state index contributed by atoms with van der Waals surface area (Å²) in [5.74, 6) is -0.763. The molecule has 4 amide bonds. The molecule has 2 heterocycles. The first-order valence-corrected chi connectivity index (χ1v) is 9.22. The van der Waals surface area contributed by atoms with Gasteiger partial charge in [-0.2, -0.15) is 0 Å². The maximum absolute atomic E-state index is 13.0. The molecule has 1 aromatic carbocycles. The van der Waals surface area contributed by atoms with Crippen molar-refractivity contribution in [2.24, 2.45) is 0 Å². The van der Waals surface area contributed by atoms with Crippen LogP contribution in [-0.2, 0) is 21.7 Å². The number of carbonyl (C=O) groups is 3. The van der Waals surface area contributed by atoms with Crippen molar-refractivity contribution >= 4 is 17.8 Å². The zero-order valence-electron chi connectivity index (χ0n) is 16.3. The Balaban J connectivity index is 1.77. The maximum Gasteiger partial charge on any atom is 0.325 e. The van der Waals surface area contributed by atoms with E-state index in [1.165, 1.54) is 0 Å². The van der Waals surface area contributed by atoms with Crippen LogP contribution in [0.3, 0.4) is 0 Å². The molecule has 28 heavy (non-hydrogen) atoms. The van der Waals surface area contributed by atoms with Gasteiger partial charge in [0.05, 0.1) is 5.69 Å². The quantitative estimate of drug-likeness (QED) is 0.780. The smallest absolute Gasteiger partial charge is 0.325 e. The van der Waals surface area contributed by atoms with E-state index in [1.54, 1.807) is 36.2 Å². The third kappa shape index (κ3) is 3.74. The van der Waals surface area contributed by atoms with Crippen LogP contribution in [0.15, 0.2) is 54.7 Å². The standard InChI is InChI=1S/C21H24N4O3/c1-15(2)24(13-16-9-5-4-6-10-16)18(26)14-25-19(27)21(3,23-20(25)28)17-11-7-8-12-22-17/h4-12,15H,13-14H2,1-3H3,(H,23,28). The summed E-state index contributed by atoms with van der Waals surface area (Å²) in [7, 11) is 0. The normalized spacial score (nSPS) is 19.1. The predicted molar refractivity (Wildman–Crippen MR) is 104 cm³/mol. The highest BCUT2D eigenvalue weighted by molar-refractivity contribution is 6.08. The Morgan fingerprint density at radius 3 is 2.43 bits per heavy atom. The van der Waals surface area contributed by atoms with Crippen molar-refractivity contribution in [1.29, 1.82) is 0 Å². The molecule has 0 spiro atoms. The number of hydrogen-bond donors (Lipinski definition) is 1. The van der Waals surface area contributed by atoms with Gasteiger partial charge < -0.3 is 10.2 Å². The van der Waals surface area contributed by atoms with Crippen LogP contribution in [0.1, 0.15) is 32.0 Å². The summed E-state index contributed by atoms with van der Waals surface area (Å²) >= 11 is 0. The van der Waals surface area contributed by atoms with Crippen molar-refractivity contribution in [3.63, 3.8) is 0 Å². The van der Waals surface area contributed by atoms with E-state index in [-0.39, 0.29) is 18.5 Å². The Hall–Kier alpha value is -3.22. The van der Waals surface area contributed by atoms with Gasteiger partial charge in [-0.15, -0.1) is 0 Å². The molecule has 1 aliphatic heterocycles. The topological polar surface area (TPSA) is 82.6 Å². The van der Waals surface area contributed by atoms with Crippen molar-refractivity contribution in [3.8, 4) is 0 Å². The van der Waals surface area contributed by atoms with Crippen molar-refractivity contribution < 1.29 is 14.4 Å². The fourth-order valence-electron chi connectivity index (χ4n) is 3.24. The monoisotopic (exact) mass is 380 g/mol. The molecular formula is C21H24N4O3. The van der Waals surface area contributed by atoms with Gasteiger partial charge in [-0.25, -0.2) is 4.79 Å². The van der Waals surface area contributed by atoms with Crippen LogP contribution in [0.5, 0.6) is 0 Å². The van der Waals surface area contributed by atoms with Crippen LogP contribution in [0.4, 0.5) is 4.79 Å². The zero-order valence-corrected chi connectivity index (χ0v) is 16.3. The molecular weight excluding hydrogens is 356 g/mol. The highest BCUT2D eigenvalue weighted by Crippen LogP contribution is 2.27. The van der Waals surface area contributed by atoms with Gasteiger partial charge in [-0.05, 0) is 38.5 Å². The van der Waals surface area contributed by atoms with Crippen molar-refractivity contribution in [2.45, 2.75) is 38.9 Å². The van der Waals surface area contributed by atoms with Gasteiger partial charge in [-0.1, -0.05) is 36.4 Å². The fourth-order valence-corrected chi connectivity index (χ4v) is 3.24. The van der Waals surface area contributed by atoms with E-state index in [2.05, 4.69) is 10.3 Å². The first kappa shape index (κ1) is 19.5. The molecule has 3 rings (SSSR count). The molecule has 1 aromatic heterocycles. The van der Waals surface area contributed by atoms with Gasteiger partial charge in [0.15, 0.2) is 5.54 Å². The first-order chi connectivity index (χ1) is 13.3. The van der Waals surface area contributed by atoms with Crippen LogP contribution >= 0.6 is 0 Å². The number of aromatic nitrogens is 1. The first-order valence-electron chi connectivity index (χ1n) is 9.22. The largest absolute Gasteiger partial charge is 0.334 e. The third-order valence-electron chi connectivity index (χ3n) is 4.88. The highest BCUT2D eigenvalue weighted by atomic mass is 16.2. The Kier molecular flexibility index (Phi) is 5.44. The van der Waals surface area contributed by atoms with E-state index in [1.807, 2.05) is 44.2 Å². The summed E-state index contributed by atoms with van der Waals surface area (Å²) in [6, 6.07) is 14.1. The van der Waals surface area contributed by atoms with Crippen LogP contribution in [0, 0.1) is 0 Å². The number of benzene rings is 1. The Bertz CT molecular complexity index is 870. The predicted octanol–water partition coefficient (Wildman–Crippen LogP) is 2.29. The number of urea groups is 1. The van der Waals surface area contributed by atoms with E-state index in [0.717, 1.165) is 10.5 Å². The van der Waals surface area contributed by atoms with E-state index < -0.39 is 17.5 Å². The lowest BCUT2D eigenvalue weighted by Gasteiger charge is -2.28. The summed E-state index contributed by atoms with van der Waals surface area (Å²) in [6.45, 7) is 5.52. The summed E-state index contributed by atoms with van der Waals surface area (Å²) in [5.41, 5.74) is 0.147. The number of nitrogens with one attached hydrogen (secondary N) is 1. The number of rotatable bonds is 6. The summed E-state index contributed by atoms with van der Waals surface area (Å²) < 4.78 is 0. The molecule has 0 bridgehead atoms. The number of nitrogens with zero attached hydrogens (tertiary/aromatic N) is 3. The van der Waals surface area contributed by atoms with Gasteiger partial charge in [-0.3, -0.25) is 19.5 Å². The van der Waals surface area contributed by atoms with Crippen LogP contribution in [-0.4, -0.2) is 45.2 Å². The molecule has 1 saturated heterocycles. The fraction of sp³-hybridized carbons (Fsp3) is 0.333. The second-order valence-corrected chi connectivity index (χ2v) is 7.26. The number of carbonyl (C=O) groups excluding carboxylic acids is 3. The maximum atomic E-state index is 13.0. The van der Waals surface area contributed by atoms with E-state index in [9.17, 15) is 14.4 Å². The molecule has 7 nitrogen and oxygen atoms in total. The number of pyridine rings is 1. The number of amides is 4. The summed E-state index contributed by atoms with van der Waals surface area (Å²) in [5, 5.41) is 2.67. The summed E-state index contributed by atoms with van der Waals surface area (Å²) in [4.78, 5) is 45.2. The minimum Gasteiger partial charge on any atom is -0.334 e. The average molecular weight is 380 g/mol. The Morgan fingerprint density at radius 1 is 1.14 bits per heavy atom. The molecule has 0 saturated carbocycles. The number of imide groups is 1. The molecule has 0 radical (unpaired) electrons. The van der Waals surface area contributed by atoms with Crippen molar-refractivity contribution in [3.05, 3.63) is 66.0 Å². The minimum absolute atomic E-state index is 0.0735. The lowest BCUT2D eigenvalue weighted by molar-refractivity contribution is -0.140. The molecule has 7 heteroatoms. The van der Waals surface area contributed by atoms with Crippen LogP contribution in [0.25, 0.3) is 0 Å². The minimum atomic E-state index is -1.28. The van der Waals surface area contributed by atoms with Crippen molar-refractivity contribution in [2.75, 3.05) is 6.54 Å². The van der Waals surface area contributed by atoms with Gasteiger partial charge in [0.2, 0.25) is 5.91 Å². The lowest BCUT2D eigenvalue weighted by Crippen LogP contribution is -2.46. The van der Waals surface area contributed by atoms with E-state index in [0.29, 0.717) is 12.2 Å². The zero-order chi connectivity index (χ0) is 20.3. The molecule has 2 aromatic rings. The molecule has 1 aliphatic rings. The molecule has 1 fully saturated rings. The van der Waals surface area contributed by atoms with Gasteiger partial charge in [0, 0.05) is 18.8 Å². The molecule has 1 N–H and O–H groups in total. The molecule has 1 atom stereocenters. The second kappa shape index (κ2) is 7.80. The third-order valence-corrected chi connectivity index (χ3v) is 4.88. The summed E-state index contributed by atoms with van der Waals surface area (Å²) in [6.07, 6.45) is 1.56. The highest BCUT2D eigenvalue weighted by Gasteiger charge is 2.50. The van der Waals surface area contributed by atoms with Crippen molar-refractivity contribution in [1.82, 2.24) is 20.1 Å². The van der Waals surface area contributed by atoms with Gasteiger partial charge in [0.25, 0.3) is 5.91 Å². The number of hydrogen-bond acceptors (Lipinski definition) is 4. The molecule has 1 unspecified atom stereocenters. The van der Waals surface area contributed by atoms with E-state index >= 15 is 0 Å². The Labute approximate surface area is 164 Å². The van der Waals surface area contributed by atoms with Crippen LogP contribution in [0.2, 0.25) is 0 Å². The van der Waals surface area contributed by atoms with Crippen LogP contribution < -0.4 is 5.32 Å². The average Bonchev–Trinajstić information content (AvgIpc) is 2.91. The lowest BCUT2D eigenvalue weighted by atomic mass is 9.97. The SMILES string of the molecule is CC(C)N(Cc1ccccc1)C(=O)CN1C(=O)NC(C)(c2ccccn2)C1=O. The molecule has 146 valence electrons. The van der Waals surface area contributed by atoms with Gasteiger partial charge in [0.1, 0.15) is 6.54 Å². The Morgan fingerprint density at radius 2 is 1.82 bits per heavy atom. The van der Waals surface area contributed by atoms with Gasteiger partial charge >= 0.3 is 6.03 Å².